The van der Waals surface area contributed by atoms with Gasteiger partial charge in [-0.3, -0.25) is 9.58 Å². The lowest BCUT2D eigenvalue weighted by Gasteiger charge is -2.46. The number of aromatic nitrogens is 3. The molecular formula is C30H40N4O6Si. The highest BCUT2D eigenvalue weighted by Gasteiger charge is 2.47. The summed E-state index contributed by atoms with van der Waals surface area (Å²) in [6.07, 6.45) is 2.60. The lowest BCUT2D eigenvalue weighted by atomic mass is 9.86. The van der Waals surface area contributed by atoms with Gasteiger partial charge in [0.1, 0.15) is 24.2 Å². The van der Waals surface area contributed by atoms with Gasteiger partial charge in [-0.05, 0) is 42.3 Å². The van der Waals surface area contributed by atoms with E-state index in [4.69, 9.17) is 18.9 Å². The van der Waals surface area contributed by atoms with Crippen molar-refractivity contribution in [1.82, 2.24) is 15.0 Å². The third kappa shape index (κ3) is 5.84. The Labute approximate surface area is 242 Å². The number of hydrogen-bond acceptors (Lipinski definition) is 8. The van der Waals surface area contributed by atoms with Crippen molar-refractivity contribution in [2.45, 2.75) is 57.2 Å². The summed E-state index contributed by atoms with van der Waals surface area (Å²) in [6, 6.07) is 14.3. The Hall–Kier alpha value is -3.41. The van der Waals surface area contributed by atoms with Crippen molar-refractivity contribution >= 4 is 25.0 Å². The molecule has 2 aliphatic rings. The summed E-state index contributed by atoms with van der Waals surface area (Å²) in [5, 5.41) is 19.2. The van der Waals surface area contributed by atoms with E-state index in [1.165, 1.54) is 5.19 Å². The molecule has 1 fully saturated rings. The van der Waals surface area contributed by atoms with Crippen LogP contribution in [0.3, 0.4) is 0 Å². The van der Waals surface area contributed by atoms with E-state index in [1.54, 1.807) is 19.1 Å². The first-order chi connectivity index (χ1) is 19.8. The van der Waals surface area contributed by atoms with Gasteiger partial charge >= 0.3 is 6.09 Å². The molecule has 0 aliphatic carbocycles. The molecule has 11 heteroatoms. The number of benzene rings is 2. The molecule has 1 aromatic heterocycles. The maximum absolute atomic E-state index is 12.2. The quantitative estimate of drug-likeness (QED) is 0.340. The van der Waals surface area contributed by atoms with Crippen LogP contribution in [0.4, 0.5) is 10.5 Å². The van der Waals surface area contributed by atoms with Crippen molar-refractivity contribution in [3.8, 4) is 11.5 Å². The van der Waals surface area contributed by atoms with Gasteiger partial charge in [-0.25, -0.2) is 4.79 Å². The second-order valence-electron chi connectivity index (χ2n) is 11.4. The molecule has 0 saturated carbocycles. The van der Waals surface area contributed by atoms with Crippen molar-refractivity contribution in [2.75, 3.05) is 38.9 Å². The van der Waals surface area contributed by atoms with Gasteiger partial charge in [-0.1, -0.05) is 42.6 Å². The summed E-state index contributed by atoms with van der Waals surface area (Å²) in [6.45, 7) is 8.63. The first kappa shape index (κ1) is 29.1. The Morgan fingerprint density at radius 3 is 2.61 bits per heavy atom. The van der Waals surface area contributed by atoms with Gasteiger partial charge in [0.2, 0.25) is 0 Å². The molecule has 1 N–H and O–H groups in total. The van der Waals surface area contributed by atoms with E-state index in [-0.39, 0.29) is 36.4 Å². The van der Waals surface area contributed by atoms with Crippen LogP contribution in [-0.4, -0.2) is 74.3 Å². The molecule has 10 nitrogen and oxygen atoms in total. The standard InChI is InChI=1S/C30H40N4O6Si/c1-20-28(38-3)25-18-22(34-15-17-39-30(34)36)6-11-26(25)40-29(20)27(12-14-33-19-21(13-16-35)31-32-33)41(4,5)24-9-7-23(37-2)8-10-24/h6-11,18-20,27-29,35H,12-17H2,1-5H3/t20-,27?,28-,29-/m1/s1. The number of carbonyl (C=O) groups excluding carboxylic acids is 1. The average molecular weight is 581 g/mol. The second-order valence-corrected chi connectivity index (χ2v) is 16.1. The molecule has 2 aliphatic heterocycles. The van der Waals surface area contributed by atoms with Crippen molar-refractivity contribution in [3.05, 3.63) is 59.9 Å². The number of aryl methyl sites for hydroxylation is 1. The molecule has 2 aromatic carbocycles. The van der Waals surface area contributed by atoms with Gasteiger partial charge in [0, 0.05) is 50.0 Å². The highest BCUT2D eigenvalue weighted by atomic mass is 28.3. The summed E-state index contributed by atoms with van der Waals surface area (Å²) in [4.78, 5) is 13.9. The lowest BCUT2D eigenvalue weighted by molar-refractivity contribution is -0.0233. The fraction of sp³-hybridized carbons (Fsp3) is 0.500. The number of carbonyl (C=O) groups is 1. The van der Waals surface area contributed by atoms with E-state index in [0.29, 0.717) is 26.1 Å². The van der Waals surface area contributed by atoms with E-state index in [9.17, 15) is 9.90 Å². The van der Waals surface area contributed by atoms with E-state index >= 15 is 0 Å². The highest BCUT2D eigenvalue weighted by Crippen LogP contribution is 2.48. The molecule has 3 heterocycles. The van der Waals surface area contributed by atoms with Crippen LogP contribution in [0.15, 0.2) is 48.7 Å². The number of nitrogens with zero attached hydrogens (tertiary/aromatic N) is 4. The van der Waals surface area contributed by atoms with Gasteiger partial charge in [0.25, 0.3) is 0 Å². The Morgan fingerprint density at radius 2 is 1.95 bits per heavy atom. The van der Waals surface area contributed by atoms with Crippen molar-refractivity contribution in [1.29, 1.82) is 0 Å². The molecular weight excluding hydrogens is 540 g/mol. The van der Waals surface area contributed by atoms with E-state index < -0.39 is 8.07 Å². The van der Waals surface area contributed by atoms with Crippen LogP contribution in [0, 0.1) is 5.92 Å². The Morgan fingerprint density at radius 1 is 1.17 bits per heavy atom. The van der Waals surface area contributed by atoms with Gasteiger partial charge < -0.3 is 24.1 Å². The molecule has 1 saturated heterocycles. The maximum Gasteiger partial charge on any atom is 0.414 e. The molecule has 1 amide bonds. The molecule has 5 rings (SSSR count). The summed E-state index contributed by atoms with van der Waals surface area (Å²) < 4.78 is 25.5. The zero-order valence-electron chi connectivity index (χ0n) is 24.4. The summed E-state index contributed by atoms with van der Waals surface area (Å²) >= 11 is 0. The summed E-state index contributed by atoms with van der Waals surface area (Å²) in [7, 11) is 1.27. The number of aliphatic hydroxyl groups excluding tert-OH is 1. The first-order valence-corrected chi connectivity index (χ1v) is 17.3. The van der Waals surface area contributed by atoms with Gasteiger partial charge in [0.05, 0.1) is 33.5 Å². The van der Waals surface area contributed by atoms with Gasteiger partial charge in [-0.15, -0.1) is 5.10 Å². The summed E-state index contributed by atoms with van der Waals surface area (Å²) in [5.41, 5.74) is 2.72. The molecule has 0 spiro atoms. The summed E-state index contributed by atoms with van der Waals surface area (Å²) in [5.74, 6) is 1.67. The second kappa shape index (κ2) is 12.2. The van der Waals surface area contributed by atoms with Crippen molar-refractivity contribution < 1.29 is 28.8 Å². The number of fused-ring (bicyclic) bond motifs is 1. The van der Waals surface area contributed by atoms with Crippen LogP contribution >= 0.6 is 0 Å². The number of anilines is 1. The molecule has 0 bridgehead atoms. The molecule has 220 valence electrons. The fourth-order valence-corrected chi connectivity index (χ4v) is 9.78. The Kier molecular flexibility index (Phi) is 8.67. The van der Waals surface area contributed by atoms with Crippen LogP contribution in [0.25, 0.3) is 0 Å². The largest absolute Gasteiger partial charge is 0.497 e. The monoisotopic (exact) mass is 580 g/mol. The van der Waals surface area contributed by atoms with Crippen LogP contribution in [0.2, 0.25) is 18.6 Å². The number of hydrogen-bond donors (Lipinski definition) is 1. The highest BCUT2D eigenvalue weighted by molar-refractivity contribution is 6.91. The SMILES string of the molecule is COc1ccc([Si](C)(C)C(CCn2cc(CCO)nn2)[C@@H]2Oc3ccc(N4CCOC4=O)cc3[C@H](OC)[C@H]2C)cc1. The number of aliphatic hydroxyl groups is 1. The molecule has 41 heavy (non-hydrogen) atoms. The van der Waals surface area contributed by atoms with E-state index in [0.717, 1.165) is 34.9 Å². The molecule has 1 unspecified atom stereocenters. The first-order valence-electron chi connectivity index (χ1n) is 14.2. The van der Waals surface area contributed by atoms with Gasteiger partial charge in [0.15, 0.2) is 0 Å². The van der Waals surface area contributed by atoms with Crippen LogP contribution in [0.1, 0.15) is 30.7 Å². The van der Waals surface area contributed by atoms with Crippen molar-refractivity contribution in [2.24, 2.45) is 5.92 Å². The van der Waals surface area contributed by atoms with Crippen LogP contribution in [0.5, 0.6) is 11.5 Å². The smallest absolute Gasteiger partial charge is 0.414 e. The minimum Gasteiger partial charge on any atom is -0.497 e. The molecule has 0 radical (unpaired) electrons. The predicted octanol–water partition coefficient (Wildman–Crippen LogP) is 3.94. The van der Waals surface area contributed by atoms with Crippen molar-refractivity contribution in [3.63, 3.8) is 0 Å². The minimum atomic E-state index is -2.15. The normalized spacial score (nSPS) is 21.3. The third-order valence-corrected chi connectivity index (χ3v) is 13.0. The van der Waals surface area contributed by atoms with Gasteiger partial charge in [-0.2, -0.15) is 0 Å². The topological polar surface area (TPSA) is 108 Å². The van der Waals surface area contributed by atoms with E-state index in [2.05, 4.69) is 42.5 Å². The number of rotatable bonds is 11. The molecule has 4 atom stereocenters. The Bertz CT molecular complexity index is 1350. The lowest BCUT2D eigenvalue weighted by Crippen LogP contribution is -2.54. The zero-order valence-corrected chi connectivity index (χ0v) is 25.4. The Balaban J connectivity index is 1.48. The third-order valence-electron chi connectivity index (χ3n) is 8.67. The molecule has 3 aromatic rings. The number of ether oxygens (including phenoxy) is 4. The van der Waals surface area contributed by atoms with Crippen LogP contribution < -0.4 is 19.6 Å². The number of amides is 1. The zero-order chi connectivity index (χ0) is 29.1. The number of cyclic esters (lactones) is 1. The maximum atomic E-state index is 12.2. The van der Waals surface area contributed by atoms with Crippen LogP contribution in [-0.2, 0) is 22.4 Å². The predicted molar refractivity (Wildman–Crippen MR) is 158 cm³/mol. The fourth-order valence-electron chi connectivity index (χ4n) is 6.28. The minimum absolute atomic E-state index is 0.0454. The average Bonchev–Trinajstić information content (AvgIpc) is 3.62. The van der Waals surface area contributed by atoms with E-state index in [1.807, 2.05) is 41.2 Å². The number of methoxy groups -OCH3 is 2.